The molecule has 0 spiro atoms. The standard InChI is InChI=1S/C28H32N4O3/c1-19-29-25-10-6-5-9-24(25)28(35)32(19)23-13-11-21(12-14-23)27(34)31-17-15-22(16-18-31)30-26(33)20-7-3-2-4-8-20/h5-6,9-14,20,22H,2-4,7-8,15-18H2,1H3,(H,30,33). The summed E-state index contributed by atoms with van der Waals surface area (Å²) in [6.45, 7) is 3.07. The number of amides is 2. The Kier molecular flexibility index (Phi) is 6.66. The zero-order valence-electron chi connectivity index (χ0n) is 20.2. The fourth-order valence-electron chi connectivity index (χ4n) is 5.39. The fraction of sp³-hybridized carbons (Fsp3) is 0.429. The van der Waals surface area contributed by atoms with Gasteiger partial charge in [-0.05, 0) is 69.0 Å². The van der Waals surface area contributed by atoms with Gasteiger partial charge in [0.05, 0.1) is 16.6 Å². The molecule has 1 aliphatic heterocycles. The van der Waals surface area contributed by atoms with E-state index in [1.807, 2.05) is 30.0 Å². The number of benzene rings is 2. The molecule has 35 heavy (non-hydrogen) atoms. The fourth-order valence-corrected chi connectivity index (χ4v) is 5.39. The summed E-state index contributed by atoms with van der Waals surface area (Å²) in [5.74, 6) is 0.939. The molecule has 1 N–H and O–H groups in total. The van der Waals surface area contributed by atoms with Crippen LogP contribution in [0.25, 0.3) is 16.6 Å². The Morgan fingerprint density at radius 1 is 0.914 bits per heavy atom. The van der Waals surface area contributed by atoms with E-state index in [1.165, 1.54) is 6.42 Å². The largest absolute Gasteiger partial charge is 0.353 e. The molecular formula is C28H32N4O3. The first-order chi connectivity index (χ1) is 17.0. The molecule has 7 nitrogen and oxygen atoms in total. The van der Waals surface area contributed by atoms with Gasteiger partial charge < -0.3 is 10.2 Å². The Bertz CT molecular complexity index is 1280. The van der Waals surface area contributed by atoms with Crippen molar-refractivity contribution in [3.8, 4) is 5.69 Å². The molecule has 2 aromatic carbocycles. The van der Waals surface area contributed by atoms with Crippen LogP contribution in [-0.2, 0) is 4.79 Å². The van der Waals surface area contributed by atoms with Crippen molar-refractivity contribution in [1.82, 2.24) is 19.8 Å². The first kappa shape index (κ1) is 23.3. The molecule has 0 atom stereocenters. The van der Waals surface area contributed by atoms with E-state index in [4.69, 9.17) is 0 Å². The molecule has 2 fully saturated rings. The van der Waals surface area contributed by atoms with Gasteiger partial charge in [0.25, 0.3) is 11.5 Å². The molecule has 2 amide bonds. The third-order valence-corrected chi connectivity index (χ3v) is 7.42. The average molecular weight is 473 g/mol. The lowest BCUT2D eigenvalue weighted by molar-refractivity contribution is -0.126. The second-order valence-electron chi connectivity index (χ2n) is 9.77. The molecule has 2 aliphatic rings. The molecule has 1 saturated carbocycles. The van der Waals surface area contributed by atoms with Crippen molar-refractivity contribution < 1.29 is 9.59 Å². The van der Waals surface area contributed by atoms with E-state index in [2.05, 4.69) is 10.3 Å². The number of hydrogen-bond donors (Lipinski definition) is 1. The summed E-state index contributed by atoms with van der Waals surface area (Å²) < 4.78 is 1.58. The predicted molar refractivity (Wildman–Crippen MR) is 136 cm³/mol. The highest BCUT2D eigenvalue weighted by Crippen LogP contribution is 2.24. The third kappa shape index (κ3) is 4.85. The van der Waals surface area contributed by atoms with Crippen LogP contribution < -0.4 is 10.9 Å². The van der Waals surface area contributed by atoms with Crippen LogP contribution >= 0.6 is 0 Å². The van der Waals surface area contributed by atoms with Crippen molar-refractivity contribution in [1.29, 1.82) is 0 Å². The van der Waals surface area contributed by atoms with E-state index in [0.717, 1.165) is 38.5 Å². The Morgan fingerprint density at radius 2 is 1.60 bits per heavy atom. The van der Waals surface area contributed by atoms with Crippen LogP contribution in [0, 0.1) is 12.8 Å². The lowest BCUT2D eigenvalue weighted by Gasteiger charge is -2.33. The summed E-state index contributed by atoms with van der Waals surface area (Å²) in [7, 11) is 0. The van der Waals surface area contributed by atoms with Gasteiger partial charge in [-0.3, -0.25) is 19.0 Å². The smallest absolute Gasteiger partial charge is 0.265 e. The van der Waals surface area contributed by atoms with E-state index in [-0.39, 0.29) is 29.3 Å². The number of para-hydroxylation sites is 1. The van der Waals surface area contributed by atoms with Gasteiger partial charge in [-0.1, -0.05) is 31.4 Å². The molecule has 0 bridgehead atoms. The van der Waals surface area contributed by atoms with Gasteiger partial charge in [0.2, 0.25) is 5.91 Å². The molecule has 1 aromatic heterocycles. The minimum absolute atomic E-state index is 0.0192. The Balaban J connectivity index is 1.23. The number of likely N-dealkylation sites (tertiary alicyclic amines) is 1. The molecule has 0 radical (unpaired) electrons. The van der Waals surface area contributed by atoms with E-state index < -0.39 is 0 Å². The Morgan fingerprint density at radius 3 is 2.31 bits per heavy atom. The van der Waals surface area contributed by atoms with Crippen LogP contribution in [0.1, 0.15) is 61.1 Å². The predicted octanol–water partition coefficient (Wildman–Crippen LogP) is 4.00. The van der Waals surface area contributed by atoms with Crippen molar-refractivity contribution >= 4 is 22.7 Å². The molecule has 2 heterocycles. The molecular weight excluding hydrogens is 440 g/mol. The normalized spacial score (nSPS) is 17.5. The van der Waals surface area contributed by atoms with Crippen LogP contribution in [0.3, 0.4) is 0 Å². The van der Waals surface area contributed by atoms with Crippen LogP contribution in [0.2, 0.25) is 0 Å². The van der Waals surface area contributed by atoms with E-state index >= 15 is 0 Å². The molecule has 7 heteroatoms. The summed E-state index contributed by atoms with van der Waals surface area (Å²) in [5.41, 5.74) is 1.84. The van der Waals surface area contributed by atoms with Gasteiger partial charge in [0.1, 0.15) is 5.82 Å². The lowest BCUT2D eigenvalue weighted by Crippen LogP contribution is -2.48. The van der Waals surface area contributed by atoms with Crippen molar-refractivity contribution in [2.75, 3.05) is 13.1 Å². The van der Waals surface area contributed by atoms with Gasteiger partial charge in [-0.25, -0.2) is 4.98 Å². The summed E-state index contributed by atoms with van der Waals surface area (Å²) in [4.78, 5) is 45.1. The van der Waals surface area contributed by atoms with E-state index in [9.17, 15) is 14.4 Å². The number of nitrogens with one attached hydrogen (secondary N) is 1. The topological polar surface area (TPSA) is 84.3 Å². The second-order valence-corrected chi connectivity index (χ2v) is 9.77. The minimum atomic E-state index is -0.121. The number of piperidine rings is 1. The number of fused-ring (bicyclic) bond motifs is 1. The maximum atomic E-state index is 13.1. The van der Waals surface area contributed by atoms with Crippen molar-refractivity contribution in [3.05, 3.63) is 70.3 Å². The second kappa shape index (κ2) is 10.0. The summed E-state index contributed by atoms with van der Waals surface area (Å²) in [6.07, 6.45) is 7.09. The van der Waals surface area contributed by atoms with E-state index in [0.29, 0.717) is 41.1 Å². The summed E-state index contributed by atoms with van der Waals surface area (Å²) in [5, 5.41) is 3.79. The molecule has 182 valence electrons. The van der Waals surface area contributed by atoms with Gasteiger partial charge in [0, 0.05) is 30.6 Å². The number of nitrogens with zero attached hydrogens (tertiary/aromatic N) is 3. The van der Waals surface area contributed by atoms with Crippen LogP contribution in [0.15, 0.2) is 53.3 Å². The zero-order valence-corrected chi connectivity index (χ0v) is 20.2. The number of hydrogen-bond acceptors (Lipinski definition) is 4. The van der Waals surface area contributed by atoms with Gasteiger partial charge in [-0.15, -0.1) is 0 Å². The van der Waals surface area contributed by atoms with Gasteiger partial charge in [-0.2, -0.15) is 0 Å². The first-order valence-electron chi connectivity index (χ1n) is 12.7. The molecule has 1 saturated heterocycles. The number of aryl methyl sites for hydroxylation is 1. The maximum absolute atomic E-state index is 13.1. The third-order valence-electron chi connectivity index (χ3n) is 7.42. The summed E-state index contributed by atoms with van der Waals surface area (Å²) >= 11 is 0. The number of carbonyl (C=O) groups is 2. The Hall–Kier alpha value is -3.48. The zero-order chi connectivity index (χ0) is 24.4. The minimum Gasteiger partial charge on any atom is -0.353 e. The SMILES string of the molecule is Cc1nc2ccccc2c(=O)n1-c1ccc(C(=O)N2CCC(NC(=O)C3CCCCC3)CC2)cc1. The van der Waals surface area contributed by atoms with Crippen LogP contribution in [0.4, 0.5) is 0 Å². The van der Waals surface area contributed by atoms with Gasteiger partial charge in [0.15, 0.2) is 0 Å². The van der Waals surface area contributed by atoms with Crippen molar-refractivity contribution in [2.24, 2.45) is 5.92 Å². The summed E-state index contributed by atoms with van der Waals surface area (Å²) in [6, 6.07) is 14.6. The quantitative estimate of drug-likeness (QED) is 0.622. The average Bonchev–Trinajstić information content (AvgIpc) is 2.89. The monoisotopic (exact) mass is 472 g/mol. The Labute approximate surface area is 205 Å². The highest BCUT2D eigenvalue weighted by Gasteiger charge is 2.27. The molecule has 1 aliphatic carbocycles. The molecule has 0 unspecified atom stereocenters. The van der Waals surface area contributed by atoms with Crippen molar-refractivity contribution in [3.63, 3.8) is 0 Å². The first-order valence-corrected chi connectivity index (χ1v) is 12.7. The molecule has 3 aromatic rings. The number of carbonyl (C=O) groups excluding carboxylic acids is 2. The van der Waals surface area contributed by atoms with E-state index in [1.54, 1.807) is 34.9 Å². The highest BCUT2D eigenvalue weighted by molar-refractivity contribution is 5.94. The number of aromatic nitrogens is 2. The number of rotatable bonds is 4. The van der Waals surface area contributed by atoms with Crippen LogP contribution in [-0.4, -0.2) is 45.4 Å². The molecule has 5 rings (SSSR count). The lowest BCUT2D eigenvalue weighted by atomic mass is 9.88. The highest BCUT2D eigenvalue weighted by atomic mass is 16.2. The van der Waals surface area contributed by atoms with Crippen molar-refractivity contribution in [2.45, 2.75) is 57.9 Å². The maximum Gasteiger partial charge on any atom is 0.265 e. The van der Waals surface area contributed by atoms with Gasteiger partial charge >= 0.3 is 0 Å². The van der Waals surface area contributed by atoms with Crippen LogP contribution in [0.5, 0.6) is 0 Å².